The van der Waals surface area contributed by atoms with Gasteiger partial charge in [0.05, 0.1) is 10.6 Å². The summed E-state index contributed by atoms with van der Waals surface area (Å²) in [5.41, 5.74) is -0.717. The third kappa shape index (κ3) is 3.93. The maximum absolute atomic E-state index is 14.1. The molecule has 138 valence electrons. The van der Waals surface area contributed by atoms with E-state index < -0.39 is 23.9 Å². The van der Waals surface area contributed by atoms with Gasteiger partial charge in [-0.2, -0.15) is 4.98 Å². The number of hydrogen-bond acceptors (Lipinski definition) is 3. The van der Waals surface area contributed by atoms with E-state index in [4.69, 9.17) is 11.6 Å². The molecule has 0 atom stereocenters. The molecule has 0 bridgehead atoms. The highest BCUT2D eigenvalue weighted by molar-refractivity contribution is 6.33. The summed E-state index contributed by atoms with van der Waals surface area (Å²) in [5, 5.41) is 0.0646. The quantitative estimate of drug-likeness (QED) is 0.625. The number of aromatic amines is 1. The first-order valence-corrected chi connectivity index (χ1v) is 8.22. The van der Waals surface area contributed by atoms with Gasteiger partial charge in [-0.05, 0) is 12.1 Å². The number of alkyl halides is 2. The highest BCUT2D eigenvalue weighted by Crippen LogP contribution is 2.33. The Bertz CT molecular complexity index is 1030. The van der Waals surface area contributed by atoms with Crippen LogP contribution in [0.3, 0.4) is 0 Å². The van der Waals surface area contributed by atoms with Crippen molar-refractivity contribution in [1.29, 1.82) is 0 Å². The minimum atomic E-state index is -3.05. The van der Waals surface area contributed by atoms with Gasteiger partial charge in [0.15, 0.2) is 5.82 Å². The molecular formula is C19H13ClF3N3O. The van der Waals surface area contributed by atoms with Crippen molar-refractivity contribution >= 4 is 11.6 Å². The lowest BCUT2D eigenvalue weighted by atomic mass is 10.0. The molecule has 3 rings (SSSR count). The van der Waals surface area contributed by atoms with Crippen molar-refractivity contribution in [3.8, 4) is 22.8 Å². The van der Waals surface area contributed by atoms with Gasteiger partial charge in [0.1, 0.15) is 11.6 Å². The van der Waals surface area contributed by atoms with Crippen LogP contribution >= 0.6 is 11.6 Å². The Morgan fingerprint density at radius 3 is 2.48 bits per heavy atom. The first-order chi connectivity index (χ1) is 12.8. The summed E-state index contributed by atoms with van der Waals surface area (Å²) in [6.45, 7) is 3.32. The van der Waals surface area contributed by atoms with E-state index in [1.165, 1.54) is 42.5 Å². The van der Waals surface area contributed by atoms with Gasteiger partial charge in [0.25, 0.3) is 5.92 Å². The average molecular weight is 392 g/mol. The van der Waals surface area contributed by atoms with E-state index in [0.29, 0.717) is 5.56 Å². The van der Waals surface area contributed by atoms with Gasteiger partial charge in [-0.3, -0.25) is 4.98 Å². The lowest BCUT2D eigenvalue weighted by Gasteiger charge is -2.14. The number of hydrogen-bond donors (Lipinski definition) is 1. The molecule has 0 spiro atoms. The van der Waals surface area contributed by atoms with Crippen molar-refractivity contribution in [3.63, 3.8) is 0 Å². The second-order valence-electron chi connectivity index (χ2n) is 5.70. The highest BCUT2D eigenvalue weighted by Gasteiger charge is 2.29. The number of halogens is 4. The van der Waals surface area contributed by atoms with E-state index in [9.17, 15) is 18.0 Å². The van der Waals surface area contributed by atoms with Crippen molar-refractivity contribution in [1.82, 2.24) is 15.0 Å². The Kier molecular flexibility index (Phi) is 5.14. The van der Waals surface area contributed by atoms with Crippen molar-refractivity contribution < 1.29 is 13.2 Å². The van der Waals surface area contributed by atoms with Gasteiger partial charge in [0, 0.05) is 17.5 Å². The van der Waals surface area contributed by atoms with Crippen LogP contribution in [0.25, 0.3) is 22.8 Å². The molecule has 4 nitrogen and oxygen atoms in total. The molecule has 1 aromatic heterocycles. The number of aromatic nitrogens is 3. The minimum Gasteiger partial charge on any atom is -0.290 e. The zero-order valence-electron chi connectivity index (χ0n) is 13.8. The fourth-order valence-corrected chi connectivity index (χ4v) is 2.77. The molecule has 3 aromatic rings. The van der Waals surface area contributed by atoms with Gasteiger partial charge in [-0.25, -0.2) is 22.9 Å². The summed E-state index contributed by atoms with van der Waals surface area (Å²) in [4.78, 5) is 22.1. The normalized spacial score (nSPS) is 11.4. The van der Waals surface area contributed by atoms with Crippen LogP contribution in [0.5, 0.6) is 0 Å². The van der Waals surface area contributed by atoms with Gasteiger partial charge in [0.2, 0.25) is 0 Å². The van der Waals surface area contributed by atoms with Gasteiger partial charge in [-0.15, -0.1) is 6.58 Å². The molecule has 2 aromatic carbocycles. The molecule has 0 saturated carbocycles. The van der Waals surface area contributed by atoms with Crippen LogP contribution in [0, 0.1) is 5.82 Å². The van der Waals surface area contributed by atoms with Gasteiger partial charge in [-0.1, -0.05) is 48.0 Å². The van der Waals surface area contributed by atoms with Crippen LogP contribution in [0.15, 0.2) is 59.9 Å². The largest absolute Gasteiger partial charge is 0.348 e. The summed E-state index contributed by atoms with van der Waals surface area (Å²) in [7, 11) is 0. The Morgan fingerprint density at radius 1 is 1.15 bits per heavy atom. The van der Waals surface area contributed by atoms with Crippen LogP contribution in [0.4, 0.5) is 13.2 Å². The Labute approximate surface area is 157 Å². The molecule has 0 fully saturated rings. The van der Waals surface area contributed by atoms with Crippen molar-refractivity contribution in [2.24, 2.45) is 0 Å². The summed E-state index contributed by atoms with van der Waals surface area (Å²) in [5.74, 6) is -3.86. The molecule has 0 aliphatic rings. The number of rotatable bonds is 5. The van der Waals surface area contributed by atoms with E-state index in [1.807, 2.05) is 0 Å². The van der Waals surface area contributed by atoms with Gasteiger partial charge >= 0.3 is 5.69 Å². The third-order valence-electron chi connectivity index (χ3n) is 3.82. The molecule has 0 aliphatic heterocycles. The van der Waals surface area contributed by atoms with Crippen LogP contribution < -0.4 is 5.69 Å². The second-order valence-corrected chi connectivity index (χ2v) is 6.10. The molecular weight excluding hydrogens is 379 g/mol. The maximum Gasteiger partial charge on any atom is 0.348 e. The van der Waals surface area contributed by atoms with E-state index in [0.717, 1.165) is 6.08 Å². The van der Waals surface area contributed by atoms with Gasteiger partial charge < -0.3 is 0 Å². The lowest BCUT2D eigenvalue weighted by Crippen LogP contribution is -2.15. The fourth-order valence-electron chi connectivity index (χ4n) is 2.52. The predicted octanol–water partition coefficient (Wildman–Crippen LogP) is 4.96. The SMILES string of the molecule is C=CCC(F)(F)c1ccc(-c2nc(-c3c(F)cccc3Cl)[nH]c(=O)n2)cc1. The smallest absolute Gasteiger partial charge is 0.290 e. The molecule has 0 unspecified atom stereocenters. The van der Waals surface area contributed by atoms with E-state index in [1.54, 1.807) is 0 Å². The summed E-state index contributed by atoms with van der Waals surface area (Å²) in [6, 6.07) is 9.23. The lowest BCUT2D eigenvalue weighted by molar-refractivity contribution is -0.000837. The Hall–Kier alpha value is -2.93. The average Bonchev–Trinajstić information content (AvgIpc) is 2.61. The van der Waals surface area contributed by atoms with Crippen molar-refractivity contribution in [3.05, 3.63) is 82.0 Å². The third-order valence-corrected chi connectivity index (χ3v) is 4.13. The van der Waals surface area contributed by atoms with Crippen molar-refractivity contribution in [2.45, 2.75) is 12.3 Å². The number of H-pyrrole nitrogens is 1. The minimum absolute atomic E-state index is 0.0355. The van der Waals surface area contributed by atoms with E-state index in [-0.39, 0.29) is 27.8 Å². The molecule has 27 heavy (non-hydrogen) atoms. The summed E-state index contributed by atoms with van der Waals surface area (Å²) in [6.07, 6.45) is 0.641. The number of benzene rings is 2. The van der Waals surface area contributed by atoms with Crippen LogP contribution in [-0.4, -0.2) is 15.0 Å². The van der Waals surface area contributed by atoms with E-state index in [2.05, 4.69) is 21.5 Å². The molecule has 0 aliphatic carbocycles. The molecule has 8 heteroatoms. The number of nitrogens with zero attached hydrogens (tertiary/aromatic N) is 2. The van der Waals surface area contributed by atoms with Crippen molar-refractivity contribution in [2.75, 3.05) is 0 Å². The van der Waals surface area contributed by atoms with Crippen LogP contribution in [0.2, 0.25) is 5.02 Å². The monoisotopic (exact) mass is 391 g/mol. The summed E-state index contributed by atoms with van der Waals surface area (Å²) < 4.78 is 41.9. The topological polar surface area (TPSA) is 58.6 Å². The van der Waals surface area contributed by atoms with Crippen LogP contribution in [0.1, 0.15) is 12.0 Å². The Morgan fingerprint density at radius 2 is 1.85 bits per heavy atom. The molecule has 0 radical (unpaired) electrons. The number of allylic oxidation sites excluding steroid dienone is 1. The van der Waals surface area contributed by atoms with Crippen LogP contribution in [-0.2, 0) is 5.92 Å². The first kappa shape index (κ1) is 18.8. The predicted molar refractivity (Wildman–Crippen MR) is 97.2 cm³/mol. The zero-order chi connectivity index (χ0) is 19.6. The number of nitrogens with one attached hydrogen (secondary N) is 1. The summed E-state index contributed by atoms with van der Waals surface area (Å²) >= 11 is 6.00. The molecule has 0 amide bonds. The Balaban J connectivity index is 2.05. The molecule has 1 N–H and O–H groups in total. The first-order valence-electron chi connectivity index (χ1n) is 7.84. The molecule has 0 saturated heterocycles. The molecule has 1 heterocycles. The maximum atomic E-state index is 14.1. The standard InChI is InChI=1S/C19H13ClF3N3O/c1-2-10-19(22,23)12-8-6-11(7-9-12)16-24-17(26-18(27)25-16)15-13(20)4-3-5-14(15)21/h2-9H,1,10H2,(H,24,25,26,27). The van der Waals surface area contributed by atoms with E-state index >= 15 is 0 Å². The fraction of sp³-hybridized carbons (Fsp3) is 0.105. The highest BCUT2D eigenvalue weighted by atomic mass is 35.5. The zero-order valence-corrected chi connectivity index (χ0v) is 14.6. The second kappa shape index (κ2) is 7.36.